The molecule has 2 fully saturated rings. The van der Waals surface area contributed by atoms with Crippen molar-refractivity contribution in [1.29, 1.82) is 0 Å². The molecule has 0 atom stereocenters. The lowest BCUT2D eigenvalue weighted by Crippen LogP contribution is -2.57. The van der Waals surface area contributed by atoms with Crippen molar-refractivity contribution in [2.24, 2.45) is 5.41 Å². The monoisotopic (exact) mass is 252 g/mol. The van der Waals surface area contributed by atoms with Crippen LogP contribution in [-0.2, 0) is 0 Å². The van der Waals surface area contributed by atoms with E-state index in [4.69, 9.17) is 0 Å². The predicted molar refractivity (Wildman–Crippen MR) is 50.1 cm³/mol. The van der Waals surface area contributed by atoms with E-state index in [0.29, 0.717) is 0 Å². The van der Waals surface area contributed by atoms with E-state index in [-0.39, 0.29) is 0 Å². The molecule has 2 rings (SSSR count). The minimum Gasteiger partial charge on any atom is -0.316 e. The van der Waals surface area contributed by atoms with Gasteiger partial charge in [-0.1, -0.05) is 0 Å². The number of piperidine rings is 1. The lowest BCUT2D eigenvalue weighted by molar-refractivity contribution is 0.0959. The number of hydrogen-bond acceptors (Lipinski definition) is 2. The van der Waals surface area contributed by atoms with E-state index >= 15 is 0 Å². The van der Waals surface area contributed by atoms with Crippen LogP contribution < -0.4 is 5.32 Å². The van der Waals surface area contributed by atoms with Gasteiger partial charge < -0.3 is 5.32 Å². The van der Waals surface area contributed by atoms with Gasteiger partial charge in [0.1, 0.15) is 0 Å². The fraction of sp³-hybridized carbons (Fsp3) is 1.00. The minimum atomic E-state index is 0.724. The summed E-state index contributed by atoms with van der Waals surface area (Å²) in [7, 11) is 0. The molecular weight excluding hydrogens is 239 g/mol. The van der Waals surface area contributed by atoms with Crippen LogP contribution in [0.3, 0.4) is 0 Å². The van der Waals surface area contributed by atoms with E-state index < -0.39 is 0 Å². The van der Waals surface area contributed by atoms with Crippen LogP contribution >= 0.6 is 22.9 Å². The van der Waals surface area contributed by atoms with Crippen LogP contribution in [0.25, 0.3) is 0 Å². The van der Waals surface area contributed by atoms with Crippen LogP contribution in [0.4, 0.5) is 0 Å². The quantitative estimate of drug-likeness (QED) is 0.511. The van der Waals surface area contributed by atoms with Crippen molar-refractivity contribution in [1.82, 2.24) is 8.43 Å². The van der Waals surface area contributed by atoms with Gasteiger partial charge in [0.15, 0.2) is 0 Å². The van der Waals surface area contributed by atoms with Crippen molar-refractivity contribution in [2.45, 2.75) is 12.8 Å². The van der Waals surface area contributed by atoms with Crippen molar-refractivity contribution in [3.05, 3.63) is 0 Å². The average Bonchev–Trinajstić information content (AvgIpc) is 1.86. The van der Waals surface area contributed by atoms with Crippen LogP contribution in [0.15, 0.2) is 0 Å². The van der Waals surface area contributed by atoms with E-state index in [0.717, 1.165) is 5.41 Å². The second-order valence-corrected chi connectivity index (χ2v) is 4.88. The lowest BCUT2D eigenvalue weighted by atomic mass is 9.74. The van der Waals surface area contributed by atoms with Crippen LogP contribution in [-0.4, -0.2) is 29.3 Å². The number of nitrogens with zero attached hydrogens (tertiary/aromatic N) is 1. The van der Waals surface area contributed by atoms with E-state index in [1.165, 1.54) is 39.0 Å². The number of nitrogens with one attached hydrogen (secondary N) is 1. The molecule has 1 spiro atoms. The van der Waals surface area contributed by atoms with Crippen molar-refractivity contribution < 1.29 is 0 Å². The second kappa shape index (κ2) is 2.60. The van der Waals surface area contributed by atoms with Crippen molar-refractivity contribution in [2.75, 3.05) is 26.2 Å². The van der Waals surface area contributed by atoms with E-state index in [1.54, 1.807) is 0 Å². The van der Waals surface area contributed by atoms with Crippen LogP contribution in [0, 0.1) is 5.41 Å². The summed E-state index contributed by atoms with van der Waals surface area (Å²) in [6.45, 7) is 5.14. The molecule has 2 aliphatic rings. The first-order valence-electron chi connectivity index (χ1n) is 3.92. The van der Waals surface area contributed by atoms with Crippen molar-refractivity contribution in [3.8, 4) is 0 Å². The third-order valence-corrected chi connectivity index (χ3v) is 3.73. The third kappa shape index (κ3) is 1.19. The van der Waals surface area contributed by atoms with Gasteiger partial charge in [0.05, 0.1) is 0 Å². The first kappa shape index (κ1) is 7.31. The molecule has 0 aromatic carbocycles. The normalized spacial score (nSPS) is 32.1. The molecule has 2 heterocycles. The summed E-state index contributed by atoms with van der Waals surface area (Å²) in [6, 6.07) is 0. The average molecular weight is 252 g/mol. The molecule has 0 aromatic rings. The Hall–Kier alpha value is 0.650. The summed E-state index contributed by atoms with van der Waals surface area (Å²) in [4.78, 5) is 0. The van der Waals surface area contributed by atoms with Gasteiger partial charge in [-0.15, -0.1) is 0 Å². The maximum atomic E-state index is 3.37. The molecule has 10 heavy (non-hydrogen) atoms. The van der Waals surface area contributed by atoms with Crippen LogP contribution in [0.2, 0.25) is 0 Å². The molecule has 2 saturated heterocycles. The van der Waals surface area contributed by atoms with Gasteiger partial charge in [-0.3, -0.25) is 0 Å². The Balaban J connectivity index is 1.90. The van der Waals surface area contributed by atoms with E-state index in [9.17, 15) is 0 Å². The van der Waals surface area contributed by atoms with E-state index in [1.807, 2.05) is 0 Å². The molecule has 58 valence electrons. The Morgan fingerprint density at radius 2 is 1.80 bits per heavy atom. The molecule has 0 bridgehead atoms. The Bertz CT molecular complexity index is 124. The summed E-state index contributed by atoms with van der Waals surface area (Å²) in [5, 5.41) is 3.37. The highest BCUT2D eigenvalue weighted by molar-refractivity contribution is 14.1. The second-order valence-electron chi connectivity index (χ2n) is 3.51. The summed E-state index contributed by atoms with van der Waals surface area (Å²) >= 11 is 2.43. The maximum absolute atomic E-state index is 3.37. The zero-order chi connectivity index (χ0) is 7.03. The van der Waals surface area contributed by atoms with Crippen LogP contribution in [0.1, 0.15) is 12.8 Å². The van der Waals surface area contributed by atoms with Gasteiger partial charge in [0.2, 0.25) is 0 Å². The third-order valence-electron chi connectivity index (χ3n) is 2.77. The number of halogens is 1. The topological polar surface area (TPSA) is 15.3 Å². The first-order chi connectivity index (χ1) is 4.81. The van der Waals surface area contributed by atoms with Gasteiger partial charge >= 0.3 is 0 Å². The Morgan fingerprint density at radius 3 is 2.20 bits per heavy atom. The van der Waals surface area contributed by atoms with Gasteiger partial charge in [0, 0.05) is 49.0 Å². The molecule has 0 amide bonds. The molecule has 0 radical (unpaired) electrons. The van der Waals surface area contributed by atoms with Gasteiger partial charge in [-0.25, -0.2) is 3.11 Å². The molecule has 0 aromatic heterocycles. The zero-order valence-electron chi connectivity index (χ0n) is 6.07. The summed E-state index contributed by atoms with van der Waals surface area (Å²) < 4.78 is 2.40. The molecule has 0 aliphatic carbocycles. The highest BCUT2D eigenvalue weighted by Crippen LogP contribution is 2.35. The van der Waals surface area contributed by atoms with Gasteiger partial charge in [-0.2, -0.15) is 0 Å². The molecule has 1 N–H and O–H groups in total. The highest BCUT2D eigenvalue weighted by Gasteiger charge is 2.38. The first-order valence-corrected chi connectivity index (χ1v) is 4.89. The molecular formula is C7H13IN2. The standard InChI is InChI=1S/C7H13IN2/c8-10-3-1-7(2-4-10)5-9-6-7/h9H,1-6H2. The fourth-order valence-electron chi connectivity index (χ4n) is 1.79. The summed E-state index contributed by atoms with van der Waals surface area (Å²) in [5.41, 5.74) is 0.724. The van der Waals surface area contributed by atoms with Crippen LogP contribution in [0.5, 0.6) is 0 Å². The van der Waals surface area contributed by atoms with Gasteiger partial charge in [-0.05, 0) is 18.3 Å². The maximum Gasteiger partial charge on any atom is 0.0201 e. The molecule has 0 saturated carbocycles. The van der Waals surface area contributed by atoms with E-state index in [2.05, 4.69) is 31.3 Å². The largest absolute Gasteiger partial charge is 0.316 e. The van der Waals surface area contributed by atoms with Gasteiger partial charge in [0.25, 0.3) is 0 Å². The molecule has 3 heteroatoms. The number of hydrogen-bond donors (Lipinski definition) is 1. The summed E-state index contributed by atoms with van der Waals surface area (Å²) in [5.74, 6) is 0. The molecule has 2 nitrogen and oxygen atoms in total. The predicted octanol–water partition coefficient (Wildman–Crippen LogP) is 1.02. The molecule has 0 unspecified atom stereocenters. The zero-order valence-corrected chi connectivity index (χ0v) is 8.23. The van der Waals surface area contributed by atoms with Crippen molar-refractivity contribution >= 4 is 22.9 Å². The fourth-order valence-corrected chi connectivity index (χ4v) is 2.27. The Morgan fingerprint density at radius 1 is 1.20 bits per heavy atom. The molecule has 2 aliphatic heterocycles. The smallest absolute Gasteiger partial charge is 0.0201 e. The minimum absolute atomic E-state index is 0.724. The Labute approximate surface area is 75.8 Å². The summed E-state index contributed by atoms with van der Waals surface area (Å²) in [6.07, 6.45) is 2.81. The Kier molecular flexibility index (Phi) is 1.90. The number of rotatable bonds is 0. The lowest BCUT2D eigenvalue weighted by Gasteiger charge is -2.47. The SMILES string of the molecule is IN1CCC2(CC1)CNC2. The highest BCUT2D eigenvalue weighted by atomic mass is 127. The van der Waals surface area contributed by atoms with Crippen molar-refractivity contribution in [3.63, 3.8) is 0 Å².